The van der Waals surface area contributed by atoms with Crippen LogP contribution in [0.15, 0.2) is 71.8 Å². The molecule has 2 aromatic carbocycles. The molecule has 0 unspecified atom stereocenters. The van der Waals surface area contributed by atoms with E-state index in [1.54, 1.807) is 31.5 Å². The lowest BCUT2D eigenvalue weighted by molar-refractivity contribution is -0.129. The Kier molecular flexibility index (Phi) is 8.12. The number of carbonyl (C=O) groups is 1. The molecule has 0 saturated heterocycles. The van der Waals surface area contributed by atoms with Crippen LogP contribution >= 0.6 is 11.9 Å². The van der Waals surface area contributed by atoms with Crippen LogP contribution in [0, 0.1) is 18.3 Å². The van der Waals surface area contributed by atoms with Crippen molar-refractivity contribution >= 4 is 23.5 Å². The molecular formula is C25H26N4O2S. The molecule has 7 heteroatoms. The van der Waals surface area contributed by atoms with Crippen LogP contribution in [0.3, 0.4) is 0 Å². The number of methoxy groups -OCH3 is 1. The minimum Gasteiger partial charge on any atom is -0.481 e. The van der Waals surface area contributed by atoms with Gasteiger partial charge in [0.2, 0.25) is 11.8 Å². The average Bonchev–Trinajstić information content (AvgIpc) is 2.83. The number of benzene rings is 2. The Morgan fingerprint density at radius 1 is 1.12 bits per heavy atom. The Morgan fingerprint density at radius 2 is 1.88 bits per heavy atom. The highest BCUT2D eigenvalue weighted by atomic mass is 32.2. The molecule has 164 valence electrons. The first-order valence-electron chi connectivity index (χ1n) is 10.3. The van der Waals surface area contributed by atoms with Gasteiger partial charge in [0.05, 0.1) is 30.6 Å². The van der Waals surface area contributed by atoms with Crippen molar-refractivity contribution in [1.82, 2.24) is 9.88 Å². The molecule has 3 aromatic rings. The van der Waals surface area contributed by atoms with E-state index < -0.39 is 0 Å². The van der Waals surface area contributed by atoms with E-state index in [9.17, 15) is 4.79 Å². The van der Waals surface area contributed by atoms with E-state index in [1.165, 1.54) is 11.9 Å². The first-order chi connectivity index (χ1) is 15.5. The van der Waals surface area contributed by atoms with Gasteiger partial charge in [0.15, 0.2) is 0 Å². The van der Waals surface area contributed by atoms with Crippen LogP contribution in [-0.4, -0.2) is 36.0 Å². The quantitative estimate of drug-likeness (QED) is 0.439. The van der Waals surface area contributed by atoms with Gasteiger partial charge in [0.25, 0.3) is 0 Å². The van der Waals surface area contributed by atoms with Crippen LogP contribution < -0.4 is 9.04 Å². The summed E-state index contributed by atoms with van der Waals surface area (Å²) in [7, 11) is 1.58. The predicted molar refractivity (Wildman–Crippen MR) is 127 cm³/mol. The molecule has 0 N–H and O–H groups in total. The van der Waals surface area contributed by atoms with E-state index in [0.717, 1.165) is 21.7 Å². The summed E-state index contributed by atoms with van der Waals surface area (Å²) in [5, 5.41) is 8.99. The lowest BCUT2D eigenvalue weighted by Gasteiger charge is -2.27. The summed E-state index contributed by atoms with van der Waals surface area (Å²) in [5.74, 6) is 0.533. The number of amides is 1. The molecule has 0 bridgehead atoms. The van der Waals surface area contributed by atoms with Crippen molar-refractivity contribution in [3.05, 3.63) is 83.6 Å². The fourth-order valence-electron chi connectivity index (χ4n) is 3.10. The number of anilines is 1. The molecule has 0 aliphatic carbocycles. The summed E-state index contributed by atoms with van der Waals surface area (Å²) in [4.78, 5) is 20.5. The van der Waals surface area contributed by atoms with Crippen molar-refractivity contribution in [2.45, 2.75) is 25.3 Å². The molecule has 0 fully saturated rings. The van der Waals surface area contributed by atoms with Crippen LogP contribution in [0.1, 0.15) is 23.6 Å². The van der Waals surface area contributed by atoms with E-state index in [2.05, 4.69) is 24.0 Å². The van der Waals surface area contributed by atoms with Gasteiger partial charge in [-0.3, -0.25) is 4.79 Å². The zero-order valence-electron chi connectivity index (χ0n) is 18.5. The third-order valence-electron chi connectivity index (χ3n) is 4.99. The third kappa shape index (κ3) is 6.02. The molecule has 1 aromatic heterocycles. The number of rotatable bonds is 9. The number of nitriles is 1. The Hall–Kier alpha value is -3.50. The minimum atomic E-state index is 0.00811. The molecule has 0 aliphatic heterocycles. The van der Waals surface area contributed by atoms with E-state index in [4.69, 9.17) is 10.00 Å². The summed E-state index contributed by atoms with van der Waals surface area (Å²) in [6, 6.07) is 21.2. The monoisotopic (exact) mass is 446 g/mol. The van der Waals surface area contributed by atoms with Gasteiger partial charge in [-0.25, -0.2) is 4.98 Å². The number of ether oxygens (including phenoxy) is 1. The van der Waals surface area contributed by atoms with Gasteiger partial charge in [0, 0.05) is 24.1 Å². The van der Waals surface area contributed by atoms with Gasteiger partial charge in [0.1, 0.15) is 6.54 Å². The van der Waals surface area contributed by atoms with Gasteiger partial charge in [-0.2, -0.15) is 5.26 Å². The largest absolute Gasteiger partial charge is 0.481 e. The van der Waals surface area contributed by atoms with E-state index in [1.807, 2.05) is 52.5 Å². The van der Waals surface area contributed by atoms with Gasteiger partial charge in [-0.15, -0.1) is 0 Å². The number of aryl methyl sites for hydroxylation is 1. The Balaban J connectivity index is 1.80. The number of hydrogen-bond acceptors (Lipinski definition) is 6. The number of aromatic nitrogens is 1. The predicted octanol–water partition coefficient (Wildman–Crippen LogP) is 4.83. The van der Waals surface area contributed by atoms with Crippen molar-refractivity contribution < 1.29 is 9.53 Å². The minimum absolute atomic E-state index is 0.00811. The zero-order chi connectivity index (χ0) is 22.9. The number of carbonyl (C=O) groups excluding carboxylic acids is 1. The van der Waals surface area contributed by atoms with Crippen molar-refractivity contribution in [3.63, 3.8) is 0 Å². The Labute approximate surface area is 193 Å². The van der Waals surface area contributed by atoms with Gasteiger partial charge in [-0.05, 0) is 61.2 Å². The lowest BCUT2D eigenvalue weighted by Crippen LogP contribution is -2.37. The maximum Gasteiger partial charge on any atom is 0.243 e. The topological polar surface area (TPSA) is 69.5 Å². The van der Waals surface area contributed by atoms with Crippen LogP contribution in [-0.2, 0) is 11.3 Å². The van der Waals surface area contributed by atoms with Gasteiger partial charge < -0.3 is 13.9 Å². The number of pyridine rings is 1. The molecule has 3 rings (SSSR count). The molecule has 1 heterocycles. The maximum atomic E-state index is 13.3. The van der Waals surface area contributed by atoms with Crippen molar-refractivity contribution in [1.29, 1.82) is 5.26 Å². The van der Waals surface area contributed by atoms with E-state index in [0.29, 0.717) is 24.5 Å². The van der Waals surface area contributed by atoms with Crippen LogP contribution in [0.4, 0.5) is 5.69 Å². The average molecular weight is 447 g/mol. The van der Waals surface area contributed by atoms with Gasteiger partial charge in [-0.1, -0.05) is 30.3 Å². The van der Waals surface area contributed by atoms with E-state index in [-0.39, 0.29) is 12.5 Å². The molecule has 1 amide bonds. The molecule has 0 radical (unpaired) electrons. The number of hydrogen-bond donors (Lipinski definition) is 0. The van der Waals surface area contributed by atoms with Gasteiger partial charge >= 0.3 is 0 Å². The fourth-order valence-corrected chi connectivity index (χ4v) is 4.08. The second kappa shape index (κ2) is 11.2. The smallest absolute Gasteiger partial charge is 0.243 e. The molecule has 0 spiro atoms. The summed E-state index contributed by atoms with van der Waals surface area (Å²) in [5.41, 5.74) is 3.56. The molecule has 0 aliphatic rings. The first kappa shape index (κ1) is 23.2. The number of nitrogens with zero attached hydrogens (tertiary/aromatic N) is 4. The van der Waals surface area contributed by atoms with Crippen molar-refractivity contribution in [2.75, 3.05) is 24.5 Å². The summed E-state index contributed by atoms with van der Waals surface area (Å²) >= 11 is 1.52. The highest BCUT2D eigenvalue weighted by Gasteiger charge is 2.19. The SMILES string of the molecule is CCN(Cc1ccc(C#N)cc1)C(=O)CN(Sc1ccccc1C)c1ccc(OC)nc1. The molecule has 6 nitrogen and oxygen atoms in total. The first-order valence-corrected chi connectivity index (χ1v) is 11.1. The summed E-state index contributed by atoms with van der Waals surface area (Å²) in [6.07, 6.45) is 1.72. The summed E-state index contributed by atoms with van der Waals surface area (Å²) < 4.78 is 7.13. The summed E-state index contributed by atoms with van der Waals surface area (Å²) in [6.45, 7) is 5.29. The maximum absolute atomic E-state index is 13.3. The Bertz CT molecular complexity index is 1080. The molecule has 0 saturated carbocycles. The second-order valence-electron chi connectivity index (χ2n) is 7.17. The fraction of sp³-hybridized carbons (Fsp3) is 0.240. The highest BCUT2D eigenvalue weighted by Crippen LogP contribution is 2.31. The molecule has 32 heavy (non-hydrogen) atoms. The van der Waals surface area contributed by atoms with E-state index >= 15 is 0 Å². The highest BCUT2D eigenvalue weighted by molar-refractivity contribution is 8.00. The van der Waals surface area contributed by atoms with Crippen molar-refractivity contribution in [3.8, 4) is 11.9 Å². The molecular weight excluding hydrogens is 420 g/mol. The lowest BCUT2D eigenvalue weighted by atomic mass is 10.1. The van der Waals surface area contributed by atoms with Crippen LogP contribution in [0.25, 0.3) is 0 Å². The van der Waals surface area contributed by atoms with Crippen LogP contribution in [0.2, 0.25) is 0 Å². The third-order valence-corrected chi connectivity index (χ3v) is 6.20. The molecule has 0 atom stereocenters. The second-order valence-corrected chi connectivity index (χ2v) is 8.23. The zero-order valence-corrected chi connectivity index (χ0v) is 19.3. The standard InChI is InChI=1S/C25H26N4O2S/c1-4-28(17-21-11-9-20(15-26)10-12-21)25(30)18-29(22-13-14-24(31-3)27-16-22)32-23-8-6-5-7-19(23)2/h5-14,16H,4,17-18H2,1-3H3. The normalized spacial score (nSPS) is 10.3. The Morgan fingerprint density at radius 3 is 2.47 bits per heavy atom. The van der Waals surface area contributed by atoms with Crippen molar-refractivity contribution in [2.24, 2.45) is 0 Å². The van der Waals surface area contributed by atoms with Crippen LogP contribution in [0.5, 0.6) is 5.88 Å². The number of likely N-dealkylation sites (N-methyl/N-ethyl adjacent to an activating group) is 1.